The molecule has 0 aliphatic heterocycles. The number of ether oxygens (including phenoxy) is 1. The largest absolute Gasteiger partial charge is 0.450 e. The van der Waals surface area contributed by atoms with Gasteiger partial charge in [0, 0.05) is 5.56 Å². The average Bonchev–Trinajstić information content (AvgIpc) is 2.97. The molecule has 0 saturated heterocycles. The summed E-state index contributed by atoms with van der Waals surface area (Å²) in [5, 5.41) is 10.0. The van der Waals surface area contributed by atoms with Crippen molar-refractivity contribution in [1.29, 1.82) is 0 Å². The Morgan fingerprint density at radius 3 is 2.71 bits per heavy atom. The van der Waals surface area contributed by atoms with Gasteiger partial charge in [0.2, 0.25) is 0 Å². The number of benzene rings is 1. The van der Waals surface area contributed by atoms with E-state index in [0.717, 1.165) is 34.8 Å². The van der Waals surface area contributed by atoms with Crippen molar-refractivity contribution in [2.45, 2.75) is 25.3 Å². The molecule has 0 radical (unpaired) electrons. The third kappa shape index (κ3) is 4.80. The predicted octanol–water partition coefficient (Wildman–Crippen LogP) is 2.47. The molecule has 0 fully saturated rings. The van der Waals surface area contributed by atoms with Crippen LogP contribution in [0.1, 0.15) is 30.3 Å². The Morgan fingerprint density at radius 1 is 1.24 bits per heavy atom. The molecule has 0 aliphatic rings. The van der Waals surface area contributed by atoms with E-state index in [4.69, 9.17) is 11.5 Å². The van der Waals surface area contributed by atoms with E-state index in [-0.39, 0.29) is 6.04 Å². The lowest BCUT2D eigenvalue weighted by Gasteiger charge is -2.07. The van der Waals surface area contributed by atoms with Gasteiger partial charge in [-0.15, -0.1) is 10.2 Å². The quantitative estimate of drug-likeness (QED) is 0.765. The number of carbonyl (C=O) groups excluding carboxylic acids is 1. The molecule has 21 heavy (non-hydrogen) atoms. The maximum Gasteiger partial charge on any atom is 0.404 e. The number of hydrogen-bond donors (Lipinski definition) is 2. The molecular formula is C14H18N4O2S. The Hall–Kier alpha value is -1.99. The van der Waals surface area contributed by atoms with Gasteiger partial charge >= 0.3 is 6.09 Å². The minimum Gasteiger partial charge on any atom is -0.450 e. The van der Waals surface area contributed by atoms with Crippen molar-refractivity contribution >= 4 is 17.4 Å². The molecule has 0 bridgehead atoms. The number of nitrogens with zero attached hydrogens (tertiary/aromatic N) is 2. The molecule has 7 heteroatoms. The Balaban J connectivity index is 1.82. The minimum atomic E-state index is -0.740. The zero-order valence-corrected chi connectivity index (χ0v) is 12.4. The first-order valence-corrected chi connectivity index (χ1v) is 7.55. The van der Waals surface area contributed by atoms with Gasteiger partial charge in [-0.25, -0.2) is 4.79 Å². The van der Waals surface area contributed by atoms with Crippen molar-refractivity contribution in [2.24, 2.45) is 11.5 Å². The van der Waals surface area contributed by atoms with Crippen LogP contribution in [0.5, 0.6) is 0 Å². The van der Waals surface area contributed by atoms with E-state index in [1.165, 1.54) is 11.3 Å². The van der Waals surface area contributed by atoms with Gasteiger partial charge in [0.15, 0.2) is 0 Å². The molecule has 1 aromatic carbocycles. The topological polar surface area (TPSA) is 104 Å². The maximum atomic E-state index is 10.4. The van der Waals surface area contributed by atoms with Gasteiger partial charge < -0.3 is 16.2 Å². The predicted molar refractivity (Wildman–Crippen MR) is 81.7 cm³/mol. The van der Waals surface area contributed by atoms with Gasteiger partial charge in [-0.1, -0.05) is 41.7 Å². The van der Waals surface area contributed by atoms with E-state index in [2.05, 4.69) is 14.9 Å². The van der Waals surface area contributed by atoms with Gasteiger partial charge in [0.05, 0.1) is 12.6 Å². The number of carbonyl (C=O) groups is 1. The fourth-order valence-electron chi connectivity index (χ4n) is 1.84. The molecular weight excluding hydrogens is 288 g/mol. The van der Waals surface area contributed by atoms with Crippen LogP contribution in [-0.4, -0.2) is 22.9 Å². The number of hydrogen-bond acceptors (Lipinski definition) is 6. The van der Waals surface area contributed by atoms with Crippen LogP contribution in [0, 0.1) is 0 Å². The van der Waals surface area contributed by atoms with Crippen LogP contribution in [0.4, 0.5) is 4.79 Å². The van der Waals surface area contributed by atoms with Crippen molar-refractivity contribution in [3.8, 4) is 10.6 Å². The molecule has 1 aromatic heterocycles. The van der Waals surface area contributed by atoms with Crippen molar-refractivity contribution in [3.63, 3.8) is 0 Å². The molecule has 0 saturated carbocycles. The third-order valence-corrected chi connectivity index (χ3v) is 4.04. The highest BCUT2D eigenvalue weighted by molar-refractivity contribution is 7.14. The normalized spacial score (nSPS) is 12.0. The average molecular weight is 306 g/mol. The second-order valence-electron chi connectivity index (χ2n) is 4.58. The lowest BCUT2D eigenvalue weighted by molar-refractivity contribution is 0.154. The number of unbranched alkanes of at least 4 members (excludes halogenated alkanes) is 1. The molecule has 0 aliphatic carbocycles. The summed E-state index contributed by atoms with van der Waals surface area (Å²) in [5.41, 5.74) is 12.0. The van der Waals surface area contributed by atoms with Crippen LogP contribution in [0.2, 0.25) is 0 Å². The fraction of sp³-hybridized carbons (Fsp3) is 0.357. The number of nitrogens with two attached hydrogens (primary N) is 2. The Kier molecular flexibility index (Phi) is 5.65. The first-order valence-electron chi connectivity index (χ1n) is 6.73. The smallest absolute Gasteiger partial charge is 0.404 e. The molecule has 2 aromatic rings. The summed E-state index contributed by atoms with van der Waals surface area (Å²) in [4.78, 5) is 10.4. The number of rotatable bonds is 7. The molecule has 112 valence electrons. The number of aromatic nitrogens is 2. The number of amides is 1. The van der Waals surface area contributed by atoms with Crippen molar-refractivity contribution < 1.29 is 9.53 Å². The lowest BCUT2D eigenvalue weighted by Crippen LogP contribution is -2.14. The van der Waals surface area contributed by atoms with Crippen LogP contribution < -0.4 is 11.5 Å². The van der Waals surface area contributed by atoms with E-state index < -0.39 is 6.09 Å². The molecule has 6 nitrogen and oxygen atoms in total. The van der Waals surface area contributed by atoms with Gasteiger partial charge in [0.1, 0.15) is 10.0 Å². The van der Waals surface area contributed by atoms with Crippen LogP contribution in [-0.2, 0) is 4.74 Å². The van der Waals surface area contributed by atoms with Gasteiger partial charge in [-0.2, -0.15) is 0 Å². The van der Waals surface area contributed by atoms with Gasteiger partial charge in [-0.05, 0) is 19.3 Å². The highest BCUT2D eigenvalue weighted by Gasteiger charge is 2.13. The van der Waals surface area contributed by atoms with Crippen molar-refractivity contribution in [3.05, 3.63) is 35.3 Å². The van der Waals surface area contributed by atoms with Crippen molar-refractivity contribution in [1.82, 2.24) is 10.2 Å². The van der Waals surface area contributed by atoms with Crippen LogP contribution >= 0.6 is 11.3 Å². The summed E-state index contributed by atoms with van der Waals surface area (Å²) in [5.74, 6) is 0. The molecule has 0 unspecified atom stereocenters. The van der Waals surface area contributed by atoms with Crippen LogP contribution in [0.15, 0.2) is 30.3 Å². The van der Waals surface area contributed by atoms with Crippen LogP contribution in [0.3, 0.4) is 0 Å². The molecule has 0 spiro atoms. The Bertz CT molecular complexity index is 573. The maximum absolute atomic E-state index is 10.4. The molecule has 1 heterocycles. The highest BCUT2D eigenvalue weighted by Crippen LogP contribution is 2.27. The van der Waals surface area contributed by atoms with Gasteiger partial charge in [0.25, 0.3) is 0 Å². The van der Waals surface area contributed by atoms with Crippen molar-refractivity contribution in [2.75, 3.05) is 6.61 Å². The molecule has 1 atom stereocenters. The summed E-state index contributed by atoms with van der Waals surface area (Å²) in [6.07, 6.45) is 1.61. The summed E-state index contributed by atoms with van der Waals surface area (Å²) in [6, 6.07) is 9.75. The zero-order valence-electron chi connectivity index (χ0n) is 11.6. The lowest BCUT2D eigenvalue weighted by atomic mass is 10.1. The van der Waals surface area contributed by atoms with E-state index in [1.807, 2.05) is 30.3 Å². The summed E-state index contributed by atoms with van der Waals surface area (Å²) < 4.78 is 4.66. The second-order valence-corrected chi connectivity index (χ2v) is 5.59. The first kappa shape index (κ1) is 15.4. The monoisotopic (exact) mass is 306 g/mol. The molecule has 2 rings (SSSR count). The standard InChI is InChI=1S/C14H18N4O2S/c15-11(8-4-5-9-20-14(16)19)13-18-17-12(21-13)10-6-2-1-3-7-10/h1-3,6-7,11H,4-5,8-9,15H2,(H2,16,19)/t11-/m0/s1. The zero-order chi connectivity index (χ0) is 15.1. The SMILES string of the molecule is NC(=O)OCCCC[C@H](N)c1nnc(-c2ccccc2)s1. The molecule has 4 N–H and O–H groups in total. The van der Waals surface area contributed by atoms with E-state index in [1.54, 1.807) is 0 Å². The van der Waals surface area contributed by atoms with Crippen LogP contribution in [0.25, 0.3) is 10.6 Å². The summed E-state index contributed by atoms with van der Waals surface area (Å²) in [7, 11) is 0. The Labute approximate surface area is 127 Å². The third-order valence-electron chi connectivity index (χ3n) is 2.93. The summed E-state index contributed by atoms with van der Waals surface area (Å²) >= 11 is 1.51. The second kappa shape index (κ2) is 7.70. The van der Waals surface area contributed by atoms with Gasteiger partial charge in [-0.3, -0.25) is 0 Å². The summed E-state index contributed by atoms with van der Waals surface area (Å²) in [6.45, 7) is 0.327. The fourth-order valence-corrected chi connectivity index (χ4v) is 2.73. The highest BCUT2D eigenvalue weighted by atomic mass is 32.1. The van der Waals surface area contributed by atoms with E-state index in [0.29, 0.717) is 6.61 Å². The van der Waals surface area contributed by atoms with E-state index in [9.17, 15) is 4.79 Å². The van der Waals surface area contributed by atoms with E-state index >= 15 is 0 Å². The first-order chi connectivity index (χ1) is 10.2. The number of primary amides is 1. The Morgan fingerprint density at radius 2 is 2.00 bits per heavy atom. The molecule has 1 amide bonds. The minimum absolute atomic E-state index is 0.145.